The Bertz CT molecular complexity index is 1010. The summed E-state index contributed by atoms with van der Waals surface area (Å²) in [6, 6.07) is 8.17. The molecule has 0 saturated heterocycles. The van der Waals surface area contributed by atoms with Crippen LogP contribution in [0.2, 0.25) is 0 Å². The highest BCUT2D eigenvalue weighted by molar-refractivity contribution is 7.10. The summed E-state index contributed by atoms with van der Waals surface area (Å²) in [7, 11) is 0. The smallest absolute Gasteiger partial charge is 0.337 e. The molecule has 5 rings (SSSR count). The second-order valence-corrected chi connectivity index (χ2v) is 10.3. The third kappa shape index (κ3) is 3.56. The summed E-state index contributed by atoms with van der Waals surface area (Å²) in [6.07, 6.45) is 5.39. The minimum atomic E-state index is -0.327. The van der Waals surface area contributed by atoms with Crippen molar-refractivity contribution in [1.29, 1.82) is 0 Å². The Balaban J connectivity index is 1.51. The number of hydrogen-bond acceptors (Lipinski definition) is 6. The van der Waals surface area contributed by atoms with Crippen molar-refractivity contribution in [2.24, 2.45) is 0 Å². The summed E-state index contributed by atoms with van der Waals surface area (Å²) >= 11 is 3.30. The van der Waals surface area contributed by atoms with Crippen molar-refractivity contribution in [3.63, 3.8) is 0 Å². The van der Waals surface area contributed by atoms with Crippen LogP contribution in [-0.4, -0.2) is 17.9 Å². The van der Waals surface area contributed by atoms with Crippen LogP contribution in [0.1, 0.15) is 67.0 Å². The molecular weight excluding hydrogens is 414 g/mol. The van der Waals surface area contributed by atoms with E-state index in [1.54, 1.807) is 22.7 Å². The number of dihydropyridines is 1. The van der Waals surface area contributed by atoms with Crippen LogP contribution in [0.3, 0.4) is 0 Å². The molecule has 0 unspecified atom stereocenters. The zero-order valence-corrected chi connectivity index (χ0v) is 18.6. The predicted octanol–water partition coefficient (Wildman–Crippen LogP) is 5.66. The second-order valence-electron chi connectivity index (χ2n) is 8.36. The van der Waals surface area contributed by atoms with Gasteiger partial charge in [-0.25, -0.2) is 4.79 Å². The fraction of sp³-hybridized carbons (Fsp3) is 0.417. The summed E-state index contributed by atoms with van der Waals surface area (Å²) < 4.78 is 5.88. The summed E-state index contributed by atoms with van der Waals surface area (Å²) in [5, 5.41) is 7.51. The zero-order chi connectivity index (χ0) is 20.7. The van der Waals surface area contributed by atoms with Crippen molar-refractivity contribution in [3.05, 3.63) is 67.3 Å². The van der Waals surface area contributed by atoms with E-state index in [0.717, 1.165) is 53.9 Å². The molecule has 1 fully saturated rings. The normalized spacial score (nSPS) is 24.8. The molecule has 0 amide bonds. The summed E-state index contributed by atoms with van der Waals surface area (Å²) in [5.41, 5.74) is 3.15. The number of nitrogens with one attached hydrogen (secondary N) is 1. The van der Waals surface area contributed by atoms with Crippen molar-refractivity contribution in [2.75, 3.05) is 0 Å². The minimum Gasteiger partial charge on any atom is -0.459 e. The van der Waals surface area contributed by atoms with Crippen molar-refractivity contribution >= 4 is 34.4 Å². The standard InChI is InChI=1S/C24H25NO3S2/c1-14-21(24(27)28-16-6-2-3-7-16)23(20-9-5-11-30-20)22-17(25-14)12-15(13-18(22)26)19-8-4-10-29-19/h4-5,8-11,15-16,23,25H,2-3,6-7,12-13H2,1H3/t15-,23+/m0/s1. The number of carbonyl (C=O) groups is 2. The van der Waals surface area contributed by atoms with Gasteiger partial charge in [-0.1, -0.05) is 12.1 Å². The predicted molar refractivity (Wildman–Crippen MR) is 120 cm³/mol. The molecule has 2 aromatic rings. The fourth-order valence-corrected chi connectivity index (χ4v) is 6.67. The molecule has 0 bridgehead atoms. The number of thiophene rings is 2. The fourth-order valence-electron chi connectivity index (χ4n) is 5.00. The second kappa shape index (κ2) is 8.16. The molecule has 0 spiro atoms. The van der Waals surface area contributed by atoms with Crippen LogP contribution in [0, 0.1) is 0 Å². The van der Waals surface area contributed by atoms with Gasteiger partial charge in [0.15, 0.2) is 5.78 Å². The van der Waals surface area contributed by atoms with Gasteiger partial charge in [0.05, 0.1) is 11.5 Å². The van der Waals surface area contributed by atoms with E-state index >= 15 is 0 Å². The largest absolute Gasteiger partial charge is 0.459 e. The first kappa shape index (κ1) is 19.8. The number of allylic oxidation sites excluding steroid dienone is 3. The van der Waals surface area contributed by atoms with E-state index in [1.165, 1.54) is 4.88 Å². The van der Waals surface area contributed by atoms with Crippen molar-refractivity contribution in [1.82, 2.24) is 5.32 Å². The van der Waals surface area contributed by atoms with Gasteiger partial charge in [-0.15, -0.1) is 22.7 Å². The first-order valence-corrected chi connectivity index (χ1v) is 12.4. The van der Waals surface area contributed by atoms with Crippen LogP contribution in [0.4, 0.5) is 0 Å². The Hall–Kier alpha value is -2.18. The summed E-state index contributed by atoms with van der Waals surface area (Å²) in [4.78, 5) is 28.9. The van der Waals surface area contributed by atoms with E-state index in [0.29, 0.717) is 12.0 Å². The Morgan fingerprint density at radius 3 is 2.43 bits per heavy atom. The molecule has 2 aliphatic carbocycles. The molecule has 3 heterocycles. The van der Waals surface area contributed by atoms with Crippen LogP contribution in [0.25, 0.3) is 0 Å². The number of Topliss-reactive ketones (excluding diaryl/α,β-unsaturated/α-hetero) is 1. The molecule has 1 N–H and O–H groups in total. The van der Waals surface area contributed by atoms with E-state index < -0.39 is 0 Å². The van der Waals surface area contributed by atoms with Crippen molar-refractivity contribution < 1.29 is 14.3 Å². The average Bonchev–Trinajstić information content (AvgIpc) is 3.49. The average molecular weight is 440 g/mol. The molecule has 0 aromatic carbocycles. The third-order valence-corrected chi connectivity index (χ3v) is 8.37. The lowest BCUT2D eigenvalue weighted by atomic mass is 9.74. The van der Waals surface area contributed by atoms with Crippen LogP contribution in [-0.2, 0) is 14.3 Å². The van der Waals surface area contributed by atoms with E-state index in [2.05, 4.69) is 16.8 Å². The van der Waals surface area contributed by atoms with Crippen LogP contribution >= 0.6 is 22.7 Å². The highest BCUT2D eigenvalue weighted by Crippen LogP contribution is 2.47. The highest BCUT2D eigenvalue weighted by atomic mass is 32.1. The molecule has 3 aliphatic rings. The SMILES string of the molecule is CC1=C(C(=O)OC2CCCC2)[C@@H](c2cccs2)C2=C(C[C@H](c3cccs3)CC2=O)N1. The van der Waals surface area contributed by atoms with E-state index in [1.807, 2.05) is 30.5 Å². The maximum Gasteiger partial charge on any atom is 0.337 e. The Kier molecular flexibility index (Phi) is 5.37. The Morgan fingerprint density at radius 2 is 1.77 bits per heavy atom. The van der Waals surface area contributed by atoms with Crippen molar-refractivity contribution in [2.45, 2.75) is 63.4 Å². The first-order valence-electron chi connectivity index (χ1n) is 10.6. The molecule has 1 saturated carbocycles. The van der Waals surface area contributed by atoms with Gasteiger partial charge in [0, 0.05) is 39.1 Å². The lowest BCUT2D eigenvalue weighted by molar-refractivity contribution is -0.144. The number of ether oxygens (including phenoxy) is 1. The topological polar surface area (TPSA) is 55.4 Å². The van der Waals surface area contributed by atoms with Gasteiger partial charge in [-0.2, -0.15) is 0 Å². The van der Waals surface area contributed by atoms with Crippen LogP contribution in [0.5, 0.6) is 0 Å². The van der Waals surface area contributed by atoms with E-state index in [9.17, 15) is 9.59 Å². The summed E-state index contributed by atoms with van der Waals surface area (Å²) in [6.45, 7) is 1.94. The van der Waals surface area contributed by atoms with Gasteiger partial charge in [0.2, 0.25) is 0 Å². The highest BCUT2D eigenvalue weighted by Gasteiger charge is 2.42. The monoisotopic (exact) mass is 439 g/mol. The maximum absolute atomic E-state index is 13.4. The molecule has 2 aromatic heterocycles. The van der Waals surface area contributed by atoms with Gasteiger partial charge in [-0.3, -0.25) is 4.79 Å². The van der Waals surface area contributed by atoms with Gasteiger partial charge >= 0.3 is 5.97 Å². The molecule has 6 heteroatoms. The maximum atomic E-state index is 13.4. The third-order valence-electron chi connectivity index (χ3n) is 6.40. The Labute approximate surface area is 184 Å². The minimum absolute atomic E-state index is 0.00225. The number of ketones is 1. The van der Waals surface area contributed by atoms with Crippen LogP contribution < -0.4 is 5.32 Å². The molecule has 156 valence electrons. The van der Waals surface area contributed by atoms with Gasteiger partial charge in [0.25, 0.3) is 0 Å². The number of hydrogen-bond donors (Lipinski definition) is 1. The molecular formula is C24H25NO3S2. The van der Waals surface area contributed by atoms with Crippen molar-refractivity contribution in [3.8, 4) is 0 Å². The summed E-state index contributed by atoms with van der Waals surface area (Å²) in [5.74, 6) is -0.260. The number of rotatable bonds is 4. The molecule has 2 atom stereocenters. The lowest BCUT2D eigenvalue weighted by Crippen LogP contribution is -2.36. The first-order chi connectivity index (χ1) is 14.6. The van der Waals surface area contributed by atoms with E-state index in [4.69, 9.17) is 4.74 Å². The zero-order valence-electron chi connectivity index (χ0n) is 17.0. The number of carbonyl (C=O) groups excluding carboxylic acids is 2. The Morgan fingerprint density at radius 1 is 1.07 bits per heavy atom. The molecule has 30 heavy (non-hydrogen) atoms. The molecule has 4 nitrogen and oxygen atoms in total. The van der Waals surface area contributed by atoms with E-state index in [-0.39, 0.29) is 29.7 Å². The molecule has 1 aliphatic heterocycles. The van der Waals surface area contributed by atoms with Gasteiger partial charge in [-0.05, 0) is 61.9 Å². The van der Waals surface area contributed by atoms with Gasteiger partial charge < -0.3 is 10.1 Å². The van der Waals surface area contributed by atoms with Gasteiger partial charge in [0.1, 0.15) is 6.10 Å². The number of esters is 1. The quantitative estimate of drug-likeness (QED) is 0.625. The van der Waals surface area contributed by atoms with Crippen LogP contribution in [0.15, 0.2) is 57.6 Å². The lowest BCUT2D eigenvalue weighted by Gasteiger charge is -2.36. The molecule has 0 radical (unpaired) electrons.